The fraction of sp³-hybridized carbons (Fsp3) is 0.429. The minimum atomic E-state index is -0.410. The van der Waals surface area contributed by atoms with Crippen molar-refractivity contribution < 1.29 is 14.3 Å². The number of nitrogens with one attached hydrogen (secondary N) is 1. The van der Waals surface area contributed by atoms with Gasteiger partial charge in [-0.15, -0.1) is 11.3 Å². The van der Waals surface area contributed by atoms with Crippen LogP contribution in [-0.2, 0) is 16.0 Å². The van der Waals surface area contributed by atoms with Gasteiger partial charge in [-0.25, -0.2) is 14.8 Å². The monoisotopic (exact) mass is 339 g/mol. The van der Waals surface area contributed by atoms with Gasteiger partial charge in [0, 0.05) is 4.88 Å². The number of hydrogen-bond donors (Lipinski definition) is 1. The summed E-state index contributed by atoms with van der Waals surface area (Å²) in [5.41, 5.74) is 1.43. The van der Waals surface area contributed by atoms with Gasteiger partial charge in [-0.05, 0) is 27.7 Å². The molecular formula is C14H17N3O3S2. The number of carbonyl (C=O) groups excluding carboxylic acids is 2. The number of hydrogen-bond acceptors (Lipinski definition) is 7. The quantitative estimate of drug-likeness (QED) is 0.847. The Balaban J connectivity index is 2.04. The summed E-state index contributed by atoms with van der Waals surface area (Å²) in [6.07, 6.45) is 0.255. The van der Waals surface area contributed by atoms with Crippen molar-refractivity contribution in [2.75, 3.05) is 11.9 Å². The number of thiazole rings is 2. The molecule has 8 heteroatoms. The summed E-state index contributed by atoms with van der Waals surface area (Å²) in [5, 5.41) is 4.07. The SMILES string of the molecule is CCOC(=O)c1sc(NC(=O)Cc2sc(C)nc2C)nc1C. The molecule has 0 aromatic carbocycles. The number of esters is 1. The molecule has 0 unspecified atom stereocenters. The van der Waals surface area contributed by atoms with Crippen molar-refractivity contribution in [1.82, 2.24) is 9.97 Å². The molecule has 0 aliphatic carbocycles. The van der Waals surface area contributed by atoms with E-state index < -0.39 is 5.97 Å². The van der Waals surface area contributed by atoms with E-state index in [0.29, 0.717) is 22.3 Å². The van der Waals surface area contributed by atoms with Crippen molar-refractivity contribution in [3.8, 4) is 0 Å². The van der Waals surface area contributed by atoms with E-state index in [4.69, 9.17) is 4.74 Å². The van der Waals surface area contributed by atoms with Gasteiger partial charge in [0.05, 0.1) is 29.4 Å². The van der Waals surface area contributed by atoms with Gasteiger partial charge in [0.1, 0.15) is 4.88 Å². The molecule has 0 aliphatic heterocycles. The van der Waals surface area contributed by atoms with Crippen LogP contribution in [0.15, 0.2) is 0 Å². The fourth-order valence-electron chi connectivity index (χ4n) is 1.88. The molecule has 6 nitrogen and oxygen atoms in total. The fourth-order valence-corrected chi connectivity index (χ4v) is 3.69. The Morgan fingerprint density at radius 3 is 2.45 bits per heavy atom. The Labute approximate surface area is 136 Å². The van der Waals surface area contributed by atoms with E-state index in [2.05, 4.69) is 15.3 Å². The average molecular weight is 339 g/mol. The van der Waals surface area contributed by atoms with Crippen molar-refractivity contribution in [3.05, 3.63) is 26.1 Å². The van der Waals surface area contributed by atoms with Gasteiger partial charge in [0.15, 0.2) is 5.13 Å². The molecule has 118 valence electrons. The molecule has 0 spiro atoms. The lowest BCUT2D eigenvalue weighted by Gasteiger charge is -2.00. The standard InChI is InChI=1S/C14H17N3O3S2/c1-5-20-13(19)12-8(3)16-14(22-12)17-11(18)6-10-7(2)15-9(4)21-10/h5-6H2,1-4H3,(H,16,17,18). The van der Waals surface area contributed by atoms with Crippen LogP contribution in [0.2, 0.25) is 0 Å². The van der Waals surface area contributed by atoms with Crippen molar-refractivity contribution >= 4 is 39.7 Å². The lowest BCUT2D eigenvalue weighted by Crippen LogP contribution is -2.14. The predicted molar refractivity (Wildman–Crippen MR) is 86.7 cm³/mol. The lowest BCUT2D eigenvalue weighted by molar-refractivity contribution is -0.115. The molecule has 0 fully saturated rings. The van der Waals surface area contributed by atoms with Gasteiger partial charge in [-0.1, -0.05) is 11.3 Å². The molecule has 22 heavy (non-hydrogen) atoms. The van der Waals surface area contributed by atoms with Gasteiger partial charge in [0.2, 0.25) is 5.91 Å². The maximum atomic E-state index is 12.1. The zero-order valence-corrected chi connectivity index (χ0v) is 14.5. The molecule has 2 aromatic heterocycles. The third-order valence-electron chi connectivity index (χ3n) is 2.82. The second-order valence-electron chi connectivity index (χ2n) is 4.62. The van der Waals surface area contributed by atoms with Crippen LogP contribution >= 0.6 is 22.7 Å². The first-order valence-electron chi connectivity index (χ1n) is 6.78. The van der Waals surface area contributed by atoms with Gasteiger partial charge >= 0.3 is 5.97 Å². The third-order valence-corrected chi connectivity index (χ3v) is 4.95. The molecule has 0 aliphatic rings. The number of nitrogens with zero attached hydrogens (tertiary/aromatic N) is 2. The molecule has 0 bridgehead atoms. The van der Waals surface area contributed by atoms with E-state index in [0.717, 1.165) is 26.9 Å². The zero-order valence-electron chi connectivity index (χ0n) is 12.8. The van der Waals surface area contributed by atoms with Crippen molar-refractivity contribution in [2.24, 2.45) is 0 Å². The minimum Gasteiger partial charge on any atom is -0.462 e. The molecule has 2 heterocycles. The number of carbonyl (C=O) groups is 2. The van der Waals surface area contributed by atoms with E-state index in [9.17, 15) is 9.59 Å². The number of amides is 1. The van der Waals surface area contributed by atoms with E-state index >= 15 is 0 Å². The predicted octanol–water partition coefficient (Wildman–Crippen LogP) is 2.88. The Morgan fingerprint density at radius 2 is 1.86 bits per heavy atom. The van der Waals surface area contributed by atoms with Crippen molar-refractivity contribution in [1.29, 1.82) is 0 Å². The molecule has 0 radical (unpaired) electrons. The zero-order chi connectivity index (χ0) is 16.3. The first-order chi connectivity index (χ1) is 10.4. The van der Waals surface area contributed by atoms with Gasteiger partial charge in [0.25, 0.3) is 0 Å². The van der Waals surface area contributed by atoms with Crippen LogP contribution < -0.4 is 5.32 Å². The lowest BCUT2D eigenvalue weighted by atomic mass is 10.3. The molecular weight excluding hydrogens is 322 g/mol. The maximum absolute atomic E-state index is 12.1. The molecule has 1 N–H and O–H groups in total. The van der Waals surface area contributed by atoms with E-state index in [1.54, 1.807) is 13.8 Å². The maximum Gasteiger partial charge on any atom is 0.350 e. The van der Waals surface area contributed by atoms with Crippen molar-refractivity contribution in [2.45, 2.75) is 34.1 Å². The average Bonchev–Trinajstić information content (AvgIpc) is 2.92. The Hall–Kier alpha value is -1.80. The van der Waals surface area contributed by atoms with E-state index in [-0.39, 0.29) is 12.3 Å². The summed E-state index contributed by atoms with van der Waals surface area (Å²) in [7, 11) is 0. The number of anilines is 1. The highest BCUT2D eigenvalue weighted by atomic mass is 32.1. The van der Waals surface area contributed by atoms with Crippen LogP contribution in [-0.4, -0.2) is 28.5 Å². The van der Waals surface area contributed by atoms with Gasteiger partial charge in [-0.2, -0.15) is 0 Å². The van der Waals surface area contributed by atoms with Gasteiger partial charge < -0.3 is 10.1 Å². The summed E-state index contributed by atoms with van der Waals surface area (Å²) < 4.78 is 4.95. The molecule has 2 rings (SSSR count). The first-order valence-corrected chi connectivity index (χ1v) is 8.41. The van der Waals surface area contributed by atoms with E-state index in [1.165, 1.54) is 11.3 Å². The molecule has 1 amide bonds. The van der Waals surface area contributed by atoms with Crippen LogP contribution in [0.5, 0.6) is 0 Å². The van der Waals surface area contributed by atoms with Gasteiger partial charge in [-0.3, -0.25) is 4.79 Å². The Kier molecular flexibility index (Phi) is 5.25. The number of rotatable bonds is 5. The molecule has 2 aromatic rings. The summed E-state index contributed by atoms with van der Waals surface area (Å²) in [6, 6.07) is 0. The van der Waals surface area contributed by atoms with Crippen LogP contribution in [0.3, 0.4) is 0 Å². The Bertz CT molecular complexity index is 706. The smallest absolute Gasteiger partial charge is 0.350 e. The summed E-state index contributed by atoms with van der Waals surface area (Å²) in [4.78, 5) is 33.7. The highest BCUT2D eigenvalue weighted by molar-refractivity contribution is 7.17. The number of aryl methyl sites for hydroxylation is 3. The van der Waals surface area contributed by atoms with Crippen LogP contribution in [0.25, 0.3) is 0 Å². The first kappa shape index (κ1) is 16.6. The van der Waals surface area contributed by atoms with E-state index in [1.807, 2.05) is 13.8 Å². The molecule has 0 atom stereocenters. The summed E-state index contributed by atoms with van der Waals surface area (Å²) in [5.74, 6) is -0.581. The minimum absolute atomic E-state index is 0.170. The topological polar surface area (TPSA) is 81.2 Å². The summed E-state index contributed by atoms with van der Waals surface area (Å²) >= 11 is 2.64. The van der Waals surface area contributed by atoms with Crippen LogP contribution in [0.4, 0.5) is 5.13 Å². The number of ether oxygens (including phenoxy) is 1. The normalized spacial score (nSPS) is 10.5. The highest BCUT2D eigenvalue weighted by Crippen LogP contribution is 2.24. The second-order valence-corrected chi connectivity index (χ2v) is 6.91. The molecule has 0 saturated carbocycles. The highest BCUT2D eigenvalue weighted by Gasteiger charge is 2.18. The summed E-state index contributed by atoms with van der Waals surface area (Å²) in [6.45, 7) is 7.57. The van der Waals surface area contributed by atoms with Crippen LogP contribution in [0, 0.1) is 20.8 Å². The van der Waals surface area contributed by atoms with Crippen molar-refractivity contribution in [3.63, 3.8) is 0 Å². The Morgan fingerprint density at radius 1 is 1.14 bits per heavy atom. The second kappa shape index (κ2) is 6.97. The largest absolute Gasteiger partial charge is 0.462 e. The van der Waals surface area contributed by atoms with Crippen LogP contribution in [0.1, 0.15) is 37.9 Å². The molecule has 0 saturated heterocycles. The third kappa shape index (κ3) is 3.89. The number of aromatic nitrogens is 2.